The molecule has 2 N–H and O–H groups in total. The zero-order chi connectivity index (χ0) is 12.5. The fraction of sp³-hybridized carbons (Fsp3) is 0.538. The Balaban J connectivity index is 2.36. The Morgan fingerprint density at radius 3 is 2.41 bits per heavy atom. The van der Waals surface area contributed by atoms with Crippen LogP contribution in [0, 0.1) is 0 Å². The summed E-state index contributed by atoms with van der Waals surface area (Å²) in [5, 5.41) is 12.4. The maximum absolute atomic E-state index is 9.15. The normalized spacial score (nSPS) is 12.2. The second-order valence-corrected chi connectivity index (χ2v) is 3.82. The van der Waals surface area contributed by atoms with Gasteiger partial charge in [-0.1, -0.05) is 6.92 Å². The Kier molecular flexibility index (Phi) is 6.43. The smallest absolute Gasteiger partial charge is 0.119 e. The summed E-state index contributed by atoms with van der Waals surface area (Å²) < 4.78 is 10.6. The van der Waals surface area contributed by atoms with Gasteiger partial charge in [-0.3, -0.25) is 0 Å². The van der Waals surface area contributed by atoms with E-state index in [0.29, 0.717) is 6.61 Å². The number of nitrogens with one attached hydrogen (secondary N) is 1. The molecule has 96 valence electrons. The van der Waals surface area contributed by atoms with Gasteiger partial charge in [0.05, 0.1) is 19.8 Å². The van der Waals surface area contributed by atoms with Gasteiger partial charge in [-0.05, 0) is 37.2 Å². The van der Waals surface area contributed by atoms with Gasteiger partial charge in [-0.25, -0.2) is 0 Å². The summed E-state index contributed by atoms with van der Waals surface area (Å²) in [5.41, 5.74) is 0. The van der Waals surface area contributed by atoms with Crippen molar-refractivity contribution in [3.63, 3.8) is 0 Å². The highest BCUT2D eigenvalue weighted by Gasteiger charge is 2.06. The van der Waals surface area contributed by atoms with Gasteiger partial charge in [-0.15, -0.1) is 0 Å². The molecule has 0 amide bonds. The number of aliphatic hydroxyl groups is 1. The van der Waals surface area contributed by atoms with E-state index >= 15 is 0 Å². The quantitative estimate of drug-likeness (QED) is 0.720. The van der Waals surface area contributed by atoms with Crippen LogP contribution in [0.1, 0.15) is 13.3 Å². The third kappa shape index (κ3) is 5.06. The van der Waals surface area contributed by atoms with Crippen molar-refractivity contribution < 1.29 is 14.6 Å². The van der Waals surface area contributed by atoms with Crippen molar-refractivity contribution in [3.05, 3.63) is 24.3 Å². The molecular formula is C13H21NO3. The van der Waals surface area contributed by atoms with Crippen LogP contribution in [0.5, 0.6) is 11.5 Å². The summed E-state index contributed by atoms with van der Waals surface area (Å²) in [4.78, 5) is 0. The molecule has 4 heteroatoms. The van der Waals surface area contributed by atoms with Crippen LogP contribution in [0.15, 0.2) is 24.3 Å². The number of methoxy groups -OCH3 is 1. The molecule has 0 aromatic heterocycles. The van der Waals surface area contributed by atoms with Gasteiger partial charge in [-0.2, -0.15) is 0 Å². The van der Waals surface area contributed by atoms with E-state index in [9.17, 15) is 0 Å². The van der Waals surface area contributed by atoms with Crippen LogP contribution >= 0.6 is 0 Å². The Hall–Kier alpha value is -1.26. The van der Waals surface area contributed by atoms with Crippen LogP contribution in [0.2, 0.25) is 0 Å². The number of hydrogen-bond acceptors (Lipinski definition) is 4. The van der Waals surface area contributed by atoms with Crippen molar-refractivity contribution in [2.24, 2.45) is 0 Å². The summed E-state index contributed by atoms with van der Waals surface area (Å²) in [7, 11) is 1.63. The molecule has 17 heavy (non-hydrogen) atoms. The minimum absolute atomic E-state index is 0.0166. The average Bonchev–Trinajstić information content (AvgIpc) is 2.39. The highest BCUT2D eigenvalue weighted by molar-refractivity contribution is 5.31. The zero-order valence-electron chi connectivity index (χ0n) is 10.5. The first-order valence-electron chi connectivity index (χ1n) is 5.91. The first kappa shape index (κ1) is 13.8. The fourth-order valence-corrected chi connectivity index (χ4v) is 1.39. The topological polar surface area (TPSA) is 50.7 Å². The van der Waals surface area contributed by atoms with Crippen LogP contribution in [0.3, 0.4) is 0 Å². The van der Waals surface area contributed by atoms with E-state index in [1.165, 1.54) is 0 Å². The van der Waals surface area contributed by atoms with Gasteiger partial charge in [0, 0.05) is 0 Å². The highest BCUT2D eigenvalue weighted by Crippen LogP contribution is 2.16. The SMILES string of the molecule is CCCNC(CO)COc1ccc(OC)cc1. The molecule has 0 aliphatic rings. The third-order valence-electron chi connectivity index (χ3n) is 2.41. The number of rotatable bonds is 8. The van der Waals surface area contributed by atoms with Crippen LogP contribution in [0.4, 0.5) is 0 Å². The predicted octanol–water partition coefficient (Wildman–Crippen LogP) is 1.43. The monoisotopic (exact) mass is 239 g/mol. The molecule has 1 atom stereocenters. The van der Waals surface area contributed by atoms with E-state index in [4.69, 9.17) is 14.6 Å². The molecule has 0 saturated heterocycles. The van der Waals surface area contributed by atoms with Crippen molar-refractivity contribution in [2.75, 3.05) is 26.9 Å². The van der Waals surface area contributed by atoms with Gasteiger partial charge in [0.25, 0.3) is 0 Å². The molecule has 0 bridgehead atoms. The maximum Gasteiger partial charge on any atom is 0.119 e. The molecule has 0 aliphatic heterocycles. The molecule has 0 fully saturated rings. The van der Waals surface area contributed by atoms with Crippen molar-refractivity contribution >= 4 is 0 Å². The van der Waals surface area contributed by atoms with Crippen LogP contribution in [-0.2, 0) is 0 Å². The van der Waals surface area contributed by atoms with Gasteiger partial charge in [0.15, 0.2) is 0 Å². The van der Waals surface area contributed by atoms with Crippen molar-refractivity contribution in [2.45, 2.75) is 19.4 Å². The zero-order valence-corrected chi connectivity index (χ0v) is 10.5. The first-order valence-corrected chi connectivity index (χ1v) is 5.91. The largest absolute Gasteiger partial charge is 0.497 e. The van der Waals surface area contributed by atoms with Gasteiger partial charge in [0.2, 0.25) is 0 Å². The van der Waals surface area contributed by atoms with Gasteiger partial charge < -0.3 is 19.9 Å². The standard InChI is InChI=1S/C13H21NO3/c1-3-8-14-11(9-15)10-17-13-6-4-12(16-2)5-7-13/h4-7,11,14-15H,3,8-10H2,1-2H3. The minimum Gasteiger partial charge on any atom is -0.497 e. The lowest BCUT2D eigenvalue weighted by Crippen LogP contribution is -2.38. The molecule has 4 nitrogen and oxygen atoms in total. The molecule has 1 aromatic carbocycles. The molecular weight excluding hydrogens is 218 g/mol. The fourth-order valence-electron chi connectivity index (χ4n) is 1.39. The Bertz CT molecular complexity index is 300. The molecule has 1 aromatic rings. The second kappa shape index (κ2) is 7.92. The van der Waals surface area contributed by atoms with E-state index in [-0.39, 0.29) is 12.6 Å². The average molecular weight is 239 g/mol. The Morgan fingerprint density at radius 1 is 1.24 bits per heavy atom. The first-order chi connectivity index (χ1) is 8.30. The molecule has 1 rings (SSSR count). The van der Waals surface area contributed by atoms with Crippen LogP contribution in [-0.4, -0.2) is 38.0 Å². The predicted molar refractivity (Wildman–Crippen MR) is 67.7 cm³/mol. The van der Waals surface area contributed by atoms with Crippen molar-refractivity contribution in [1.82, 2.24) is 5.32 Å². The molecule has 1 unspecified atom stereocenters. The lowest BCUT2D eigenvalue weighted by Gasteiger charge is -2.16. The Morgan fingerprint density at radius 2 is 1.88 bits per heavy atom. The second-order valence-electron chi connectivity index (χ2n) is 3.82. The summed E-state index contributed by atoms with van der Waals surface area (Å²) in [5.74, 6) is 1.59. The minimum atomic E-state index is -0.0166. The highest BCUT2D eigenvalue weighted by atomic mass is 16.5. The summed E-state index contributed by atoms with van der Waals surface area (Å²) in [6, 6.07) is 7.39. The van der Waals surface area contributed by atoms with E-state index in [0.717, 1.165) is 24.5 Å². The van der Waals surface area contributed by atoms with Crippen LogP contribution in [0.25, 0.3) is 0 Å². The third-order valence-corrected chi connectivity index (χ3v) is 2.41. The van der Waals surface area contributed by atoms with Gasteiger partial charge >= 0.3 is 0 Å². The summed E-state index contributed by atoms with van der Waals surface area (Å²) in [6.07, 6.45) is 1.04. The van der Waals surface area contributed by atoms with E-state index in [1.807, 2.05) is 24.3 Å². The molecule has 0 radical (unpaired) electrons. The number of ether oxygens (including phenoxy) is 2. The van der Waals surface area contributed by atoms with Crippen LogP contribution < -0.4 is 14.8 Å². The number of benzene rings is 1. The lowest BCUT2D eigenvalue weighted by molar-refractivity contribution is 0.183. The molecule has 0 aliphatic carbocycles. The molecule has 0 heterocycles. The number of aliphatic hydroxyl groups excluding tert-OH is 1. The molecule has 0 spiro atoms. The Labute approximate surface area is 103 Å². The van der Waals surface area contributed by atoms with Crippen molar-refractivity contribution in [3.8, 4) is 11.5 Å². The van der Waals surface area contributed by atoms with E-state index in [1.54, 1.807) is 7.11 Å². The maximum atomic E-state index is 9.15. The summed E-state index contributed by atoms with van der Waals surface area (Å²) in [6.45, 7) is 3.52. The molecule has 0 saturated carbocycles. The van der Waals surface area contributed by atoms with Crippen molar-refractivity contribution in [1.29, 1.82) is 0 Å². The van der Waals surface area contributed by atoms with E-state index < -0.39 is 0 Å². The lowest BCUT2D eigenvalue weighted by atomic mass is 10.3. The summed E-state index contributed by atoms with van der Waals surface area (Å²) >= 11 is 0. The number of hydrogen-bond donors (Lipinski definition) is 2. The van der Waals surface area contributed by atoms with E-state index in [2.05, 4.69) is 12.2 Å². The van der Waals surface area contributed by atoms with Gasteiger partial charge in [0.1, 0.15) is 18.1 Å².